The van der Waals surface area contributed by atoms with Gasteiger partial charge >= 0.3 is 0 Å². The van der Waals surface area contributed by atoms with Gasteiger partial charge in [0.15, 0.2) is 21.3 Å². The van der Waals surface area contributed by atoms with Crippen LogP contribution in [0.5, 0.6) is 11.5 Å². The van der Waals surface area contributed by atoms with Crippen molar-refractivity contribution in [1.29, 1.82) is 0 Å². The van der Waals surface area contributed by atoms with Crippen molar-refractivity contribution in [1.82, 2.24) is 0 Å². The summed E-state index contributed by atoms with van der Waals surface area (Å²) in [4.78, 5) is 0.217. The van der Waals surface area contributed by atoms with Crippen molar-refractivity contribution < 1.29 is 17.9 Å². The number of nitrogens with two attached hydrogens (primary N) is 1. The van der Waals surface area contributed by atoms with E-state index in [4.69, 9.17) is 15.2 Å². The van der Waals surface area contributed by atoms with Gasteiger partial charge in [0.05, 0.1) is 10.6 Å². The van der Waals surface area contributed by atoms with Gasteiger partial charge in [-0.2, -0.15) is 0 Å². The van der Waals surface area contributed by atoms with Gasteiger partial charge in [-0.3, -0.25) is 0 Å². The molecule has 0 bridgehead atoms. The summed E-state index contributed by atoms with van der Waals surface area (Å²) >= 11 is 0. The second-order valence-electron chi connectivity index (χ2n) is 3.77. The SMILES string of the molecule is CC(N)CS(=O)(=O)c1ccc2c(c1)OCO2. The summed E-state index contributed by atoms with van der Waals surface area (Å²) in [6.07, 6.45) is 0. The molecule has 0 aliphatic carbocycles. The summed E-state index contributed by atoms with van der Waals surface area (Å²) < 4.78 is 34.0. The monoisotopic (exact) mass is 243 g/mol. The minimum atomic E-state index is -3.34. The fraction of sp³-hybridized carbons (Fsp3) is 0.400. The van der Waals surface area contributed by atoms with Gasteiger partial charge in [0, 0.05) is 12.1 Å². The molecule has 16 heavy (non-hydrogen) atoms. The first kappa shape index (κ1) is 11.2. The highest BCUT2D eigenvalue weighted by Crippen LogP contribution is 2.34. The van der Waals surface area contributed by atoms with Crippen molar-refractivity contribution in [2.24, 2.45) is 5.73 Å². The third-order valence-electron chi connectivity index (χ3n) is 2.19. The fourth-order valence-electron chi connectivity index (χ4n) is 1.51. The lowest BCUT2D eigenvalue weighted by Gasteiger charge is -2.07. The number of hydrogen-bond acceptors (Lipinski definition) is 5. The predicted molar refractivity (Wildman–Crippen MR) is 58.3 cm³/mol. The van der Waals surface area contributed by atoms with E-state index >= 15 is 0 Å². The minimum absolute atomic E-state index is 0.0767. The minimum Gasteiger partial charge on any atom is -0.454 e. The third kappa shape index (κ3) is 2.12. The van der Waals surface area contributed by atoms with Crippen LogP contribution in [0.25, 0.3) is 0 Å². The molecular formula is C10H13NO4S. The van der Waals surface area contributed by atoms with Crippen LogP contribution in [-0.2, 0) is 9.84 Å². The van der Waals surface area contributed by atoms with E-state index in [-0.39, 0.29) is 17.4 Å². The van der Waals surface area contributed by atoms with E-state index in [1.807, 2.05) is 0 Å². The van der Waals surface area contributed by atoms with Crippen LogP contribution in [0, 0.1) is 0 Å². The van der Waals surface area contributed by atoms with Crippen LogP contribution in [0.1, 0.15) is 6.92 Å². The highest BCUT2D eigenvalue weighted by molar-refractivity contribution is 7.91. The molecule has 0 amide bonds. The molecule has 1 unspecified atom stereocenters. The van der Waals surface area contributed by atoms with Crippen LogP contribution in [0.15, 0.2) is 23.1 Å². The summed E-state index contributed by atoms with van der Waals surface area (Å²) in [6, 6.07) is 4.18. The first-order chi connectivity index (χ1) is 7.49. The van der Waals surface area contributed by atoms with E-state index in [0.29, 0.717) is 11.5 Å². The lowest BCUT2D eigenvalue weighted by atomic mass is 10.3. The van der Waals surface area contributed by atoms with Crippen LogP contribution >= 0.6 is 0 Å². The summed E-state index contributed by atoms with van der Waals surface area (Å²) in [7, 11) is -3.34. The Labute approximate surface area is 94.1 Å². The molecule has 0 saturated heterocycles. The zero-order valence-corrected chi connectivity index (χ0v) is 9.66. The summed E-state index contributed by atoms with van der Waals surface area (Å²) in [6.45, 7) is 1.79. The number of ether oxygens (including phenoxy) is 2. The average molecular weight is 243 g/mol. The third-order valence-corrected chi connectivity index (χ3v) is 4.12. The van der Waals surface area contributed by atoms with Gasteiger partial charge in [-0.25, -0.2) is 8.42 Å². The number of benzene rings is 1. The Hall–Kier alpha value is -1.27. The molecule has 0 aromatic heterocycles. The van der Waals surface area contributed by atoms with Gasteiger partial charge in [-0.1, -0.05) is 0 Å². The molecule has 1 aliphatic rings. The molecule has 0 radical (unpaired) electrons. The summed E-state index contributed by atoms with van der Waals surface area (Å²) in [5.41, 5.74) is 5.49. The molecule has 2 rings (SSSR count). The normalized spacial score (nSPS) is 16.1. The standard InChI is InChI=1S/C10H13NO4S/c1-7(11)5-16(12,13)8-2-3-9-10(4-8)15-6-14-9/h2-4,7H,5-6,11H2,1H3. The van der Waals surface area contributed by atoms with Gasteiger partial charge in [-0.15, -0.1) is 0 Å². The Balaban J connectivity index is 2.34. The molecule has 2 N–H and O–H groups in total. The Morgan fingerprint density at radius 2 is 2.06 bits per heavy atom. The molecule has 88 valence electrons. The number of rotatable bonds is 3. The summed E-state index contributed by atoms with van der Waals surface area (Å²) in [5.74, 6) is 0.956. The van der Waals surface area contributed by atoms with Crippen molar-refractivity contribution >= 4 is 9.84 Å². The Bertz CT molecular complexity index is 496. The van der Waals surface area contributed by atoms with Gasteiger partial charge in [-0.05, 0) is 19.1 Å². The van der Waals surface area contributed by atoms with Gasteiger partial charge in [0.2, 0.25) is 6.79 Å². The van der Waals surface area contributed by atoms with E-state index in [1.165, 1.54) is 12.1 Å². The molecule has 0 saturated carbocycles. The molecule has 5 nitrogen and oxygen atoms in total. The molecule has 0 fully saturated rings. The molecule has 1 atom stereocenters. The second-order valence-corrected chi connectivity index (χ2v) is 5.81. The van der Waals surface area contributed by atoms with Gasteiger partial charge in [0.25, 0.3) is 0 Å². The van der Waals surface area contributed by atoms with Crippen molar-refractivity contribution in [2.45, 2.75) is 17.9 Å². The molecule has 1 aliphatic heterocycles. The topological polar surface area (TPSA) is 78.6 Å². The fourth-order valence-corrected chi connectivity index (χ4v) is 2.96. The number of sulfone groups is 1. The Morgan fingerprint density at radius 1 is 1.38 bits per heavy atom. The quantitative estimate of drug-likeness (QED) is 0.838. The van der Waals surface area contributed by atoms with Crippen LogP contribution in [0.4, 0.5) is 0 Å². The van der Waals surface area contributed by atoms with E-state index in [9.17, 15) is 8.42 Å². The lowest BCUT2D eigenvalue weighted by Crippen LogP contribution is -2.26. The lowest BCUT2D eigenvalue weighted by molar-refractivity contribution is 0.174. The zero-order valence-electron chi connectivity index (χ0n) is 8.84. The van der Waals surface area contributed by atoms with E-state index in [2.05, 4.69) is 0 Å². The van der Waals surface area contributed by atoms with Gasteiger partial charge < -0.3 is 15.2 Å². The first-order valence-electron chi connectivity index (χ1n) is 4.87. The van der Waals surface area contributed by atoms with Crippen molar-refractivity contribution in [3.05, 3.63) is 18.2 Å². The smallest absolute Gasteiger partial charge is 0.231 e. The first-order valence-corrected chi connectivity index (χ1v) is 6.52. The molecular weight excluding hydrogens is 230 g/mol. The van der Waals surface area contributed by atoms with E-state index in [0.717, 1.165) is 0 Å². The maximum atomic E-state index is 11.9. The van der Waals surface area contributed by atoms with Crippen LogP contribution < -0.4 is 15.2 Å². The van der Waals surface area contributed by atoms with Crippen molar-refractivity contribution in [2.75, 3.05) is 12.5 Å². The summed E-state index contributed by atoms with van der Waals surface area (Å²) in [5, 5.41) is 0. The van der Waals surface area contributed by atoms with Crippen molar-refractivity contribution in [3.63, 3.8) is 0 Å². The van der Waals surface area contributed by atoms with Gasteiger partial charge in [0.1, 0.15) is 0 Å². The zero-order chi connectivity index (χ0) is 11.8. The highest BCUT2D eigenvalue weighted by atomic mass is 32.2. The molecule has 6 heteroatoms. The highest BCUT2D eigenvalue weighted by Gasteiger charge is 2.21. The van der Waals surface area contributed by atoms with Crippen LogP contribution in [0.2, 0.25) is 0 Å². The number of hydrogen-bond donors (Lipinski definition) is 1. The van der Waals surface area contributed by atoms with Crippen molar-refractivity contribution in [3.8, 4) is 11.5 Å². The largest absolute Gasteiger partial charge is 0.454 e. The Kier molecular flexibility index (Phi) is 2.77. The molecule has 1 aromatic carbocycles. The maximum absolute atomic E-state index is 11.9. The van der Waals surface area contributed by atoms with E-state index < -0.39 is 15.9 Å². The van der Waals surface area contributed by atoms with Crippen LogP contribution in [-0.4, -0.2) is 27.0 Å². The number of fused-ring (bicyclic) bond motifs is 1. The Morgan fingerprint density at radius 3 is 2.75 bits per heavy atom. The maximum Gasteiger partial charge on any atom is 0.231 e. The molecule has 1 heterocycles. The van der Waals surface area contributed by atoms with Crippen LogP contribution in [0.3, 0.4) is 0 Å². The molecule has 0 spiro atoms. The molecule has 1 aromatic rings. The predicted octanol–water partition coefficient (Wildman–Crippen LogP) is 0.536. The van der Waals surface area contributed by atoms with E-state index in [1.54, 1.807) is 13.0 Å². The second kappa shape index (κ2) is 3.95. The average Bonchev–Trinajstić information content (AvgIpc) is 2.61.